The highest BCUT2D eigenvalue weighted by Gasteiger charge is 2.13. The summed E-state index contributed by atoms with van der Waals surface area (Å²) < 4.78 is 21.3. The molecule has 28 heavy (non-hydrogen) atoms. The zero-order chi connectivity index (χ0) is 19.3. The maximum Gasteiger partial charge on any atom is 0.231 e. The van der Waals surface area contributed by atoms with Crippen LogP contribution in [0.2, 0.25) is 0 Å². The van der Waals surface area contributed by atoms with E-state index in [-0.39, 0.29) is 6.79 Å². The number of nitrogens with zero attached hydrogens (tertiary/aromatic N) is 2. The highest BCUT2D eigenvalue weighted by molar-refractivity contribution is 5.60. The lowest BCUT2D eigenvalue weighted by molar-refractivity contribution is 0.174. The topological polar surface area (TPSA) is 86.8 Å². The van der Waals surface area contributed by atoms with E-state index in [1.165, 1.54) is 0 Å². The molecule has 0 saturated carbocycles. The first-order chi connectivity index (χ1) is 13.7. The lowest BCUT2D eigenvalue weighted by Gasteiger charge is -2.11. The molecule has 2 N–H and O–H groups in total. The Kier molecular flexibility index (Phi) is 5.01. The van der Waals surface area contributed by atoms with Gasteiger partial charge in [0, 0.05) is 24.5 Å². The van der Waals surface area contributed by atoms with Gasteiger partial charge in [-0.1, -0.05) is 6.07 Å². The van der Waals surface area contributed by atoms with Crippen molar-refractivity contribution in [1.82, 2.24) is 9.97 Å². The van der Waals surface area contributed by atoms with Crippen molar-refractivity contribution in [2.24, 2.45) is 0 Å². The number of aromatic nitrogens is 2. The number of benzene rings is 2. The third-order valence-electron chi connectivity index (χ3n) is 4.21. The van der Waals surface area contributed by atoms with E-state index in [0.717, 1.165) is 22.7 Å². The van der Waals surface area contributed by atoms with Crippen LogP contribution in [0.1, 0.15) is 5.56 Å². The molecule has 4 rings (SSSR count). The van der Waals surface area contributed by atoms with Gasteiger partial charge in [-0.25, -0.2) is 4.98 Å². The summed E-state index contributed by atoms with van der Waals surface area (Å²) in [4.78, 5) is 8.76. The van der Waals surface area contributed by atoms with Crippen LogP contribution >= 0.6 is 0 Å². The third kappa shape index (κ3) is 3.85. The number of anilines is 3. The van der Waals surface area contributed by atoms with Gasteiger partial charge in [-0.2, -0.15) is 4.98 Å². The number of ether oxygens (including phenoxy) is 4. The van der Waals surface area contributed by atoms with Crippen molar-refractivity contribution in [2.75, 3.05) is 31.6 Å². The number of hydrogen-bond acceptors (Lipinski definition) is 8. The predicted molar refractivity (Wildman–Crippen MR) is 105 cm³/mol. The molecule has 0 atom stereocenters. The Morgan fingerprint density at radius 3 is 2.68 bits per heavy atom. The van der Waals surface area contributed by atoms with Gasteiger partial charge in [0.2, 0.25) is 12.7 Å². The van der Waals surface area contributed by atoms with Crippen LogP contribution < -0.4 is 29.6 Å². The molecule has 0 spiro atoms. The molecule has 2 aromatic carbocycles. The molecule has 144 valence electrons. The van der Waals surface area contributed by atoms with Crippen LogP contribution in [-0.2, 0) is 6.54 Å². The number of fused-ring (bicyclic) bond motifs is 1. The summed E-state index contributed by atoms with van der Waals surface area (Å²) in [5, 5.41) is 6.46. The van der Waals surface area contributed by atoms with Crippen molar-refractivity contribution < 1.29 is 18.9 Å². The van der Waals surface area contributed by atoms with Crippen molar-refractivity contribution in [2.45, 2.75) is 6.54 Å². The molecule has 2 heterocycles. The summed E-state index contributed by atoms with van der Waals surface area (Å²) in [5.74, 6) is 4.00. The van der Waals surface area contributed by atoms with Gasteiger partial charge in [-0.05, 0) is 35.9 Å². The Hall–Kier alpha value is -3.68. The van der Waals surface area contributed by atoms with Gasteiger partial charge >= 0.3 is 0 Å². The largest absolute Gasteiger partial charge is 0.493 e. The number of rotatable bonds is 7. The first kappa shape index (κ1) is 17.7. The fourth-order valence-electron chi connectivity index (χ4n) is 2.80. The van der Waals surface area contributed by atoms with Gasteiger partial charge in [0.25, 0.3) is 0 Å². The van der Waals surface area contributed by atoms with E-state index in [2.05, 4.69) is 20.6 Å². The third-order valence-corrected chi connectivity index (χ3v) is 4.21. The van der Waals surface area contributed by atoms with Gasteiger partial charge in [0.05, 0.1) is 14.2 Å². The van der Waals surface area contributed by atoms with Crippen LogP contribution in [0, 0.1) is 0 Å². The summed E-state index contributed by atoms with van der Waals surface area (Å²) in [6.07, 6.45) is 1.69. The van der Waals surface area contributed by atoms with Crippen LogP contribution in [0.3, 0.4) is 0 Å². The van der Waals surface area contributed by atoms with Crippen molar-refractivity contribution in [3.63, 3.8) is 0 Å². The second-order valence-electron chi connectivity index (χ2n) is 6.00. The van der Waals surface area contributed by atoms with E-state index < -0.39 is 0 Å². The first-order valence-electron chi connectivity index (χ1n) is 8.69. The maximum atomic E-state index is 5.41. The molecule has 3 aromatic rings. The van der Waals surface area contributed by atoms with Crippen molar-refractivity contribution in [1.29, 1.82) is 0 Å². The van der Waals surface area contributed by atoms with Crippen LogP contribution in [0.25, 0.3) is 0 Å². The van der Waals surface area contributed by atoms with Crippen LogP contribution in [0.5, 0.6) is 23.0 Å². The molecule has 1 aliphatic rings. The molecule has 0 unspecified atom stereocenters. The second kappa shape index (κ2) is 7.91. The average Bonchev–Trinajstić information content (AvgIpc) is 3.20. The van der Waals surface area contributed by atoms with Crippen molar-refractivity contribution in [3.05, 3.63) is 54.2 Å². The van der Waals surface area contributed by atoms with E-state index in [1.807, 2.05) is 42.5 Å². The van der Waals surface area contributed by atoms with Gasteiger partial charge in [-0.15, -0.1) is 0 Å². The van der Waals surface area contributed by atoms with Crippen molar-refractivity contribution in [3.8, 4) is 23.0 Å². The Labute approximate surface area is 162 Å². The summed E-state index contributed by atoms with van der Waals surface area (Å²) >= 11 is 0. The fourth-order valence-corrected chi connectivity index (χ4v) is 2.80. The molecule has 0 fully saturated rings. The Bertz CT molecular complexity index is 980. The van der Waals surface area contributed by atoms with Crippen LogP contribution in [0.4, 0.5) is 17.5 Å². The Morgan fingerprint density at radius 1 is 0.964 bits per heavy atom. The minimum Gasteiger partial charge on any atom is -0.493 e. The number of nitrogens with one attached hydrogen (secondary N) is 2. The monoisotopic (exact) mass is 380 g/mol. The van der Waals surface area contributed by atoms with E-state index >= 15 is 0 Å². The minimum absolute atomic E-state index is 0.267. The average molecular weight is 380 g/mol. The molecule has 0 saturated heterocycles. The molecule has 1 aromatic heterocycles. The molecule has 0 amide bonds. The summed E-state index contributed by atoms with van der Waals surface area (Å²) in [6, 6.07) is 13.2. The molecular weight excluding hydrogens is 360 g/mol. The minimum atomic E-state index is 0.267. The Morgan fingerprint density at radius 2 is 1.82 bits per heavy atom. The smallest absolute Gasteiger partial charge is 0.231 e. The van der Waals surface area contributed by atoms with Crippen LogP contribution in [-0.4, -0.2) is 31.0 Å². The predicted octanol–water partition coefficient (Wildman–Crippen LogP) is 3.58. The zero-order valence-electron chi connectivity index (χ0n) is 15.6. The molecule has 0 radical (unpaired) electrons. The standard InChI is InChI=1S/C20H20N4O4/c1-25-15-6-4-14(10-17(15)26-2)23-20-21-8-7-19(24-20)22-11-13-3-5-16-18(9-13)28-12-27-16/h3-10H,11-12H2,1-2H3,(H2,21,22,23,24). The lowest BCUT2D eigenvalue weighted by Crippen LogP contribution is -2.04. The van der Waals surface area contributed by atoms with E-state index in [9.17, 15) is 0 Å². The van der Waals surface area contributed by atoms with Gasteiger partial charge in [-0.3, -0.25) is 0 Å². The Balaban J connectivity index is 1.43. The normalized spacial score (nSPS) is 11.8. The summed E-state index contributed by atoms with van der Waals surface area (Å²) in [6.45, 7) is 0.868. The number of hydrogen-bond donors (Lipinski definition) is 2. The van der Waals surface area contributed by atoms with Gasteiger partial charge in [0.1, 0.15) is 5.82 Å². The highest BCUT2D eigenvalue weighted by Crippen LogP contribution is 2.33. The summed E-state index contributed by atoms with van der Waals surface area (Å²) in [5.41, 5.74) is 1.86. The van der Waals surface area contributed by atoms with Gasteiger partial charge in [0.15, 0.2) is 23.0 Å². The van der Waals surface area contributed by atoms with E-state index in [0.29, 0.717) is 29.8 Å². The van der Waals surface area contributed by atoms with E-state index in [4.69, 9.17) is 18.9 Å². The molecule has 8 heteroatoms. The molecular formula is C20H20N4O4. The van der Waals surface area contributed by atoms with Crippen LogP contribution in [0.15, 0.2) is 48.7 Å². The molecule has 0 aliphatic carbocycles. The van der Waals surface area contributed by atoms with E-state index in [1.54, 1.807) is 20.4 Å². The zero-order valence-corrected chi connectivity index (χ0v) is 15.6. The highest BCUT2D eigenvalue weighted by atomic mass is 16.7. The SMILES string of the molecule is COc1ccc(Nc2nccc(NCc3ccc4c(c3)OCO4)n2)cc1OC. The quantitative estimate of drug-likeness (QED) is 0.643. The van der Waals surface area contributed by atoms with Crippen molar-refractivity contribution >= 4 is 17.5 Å². The van der Waals surface area contributed by atoms with Gasteiger partial charge < -0.3 is 29.6 Å². The fraction of sp³-hybridized carbons (Fsp3) is 0.200. The molecule has 8 nitrogen and oxygen atoms in total. The molecule has 0 bridgehead atoms. The maximum absolute atomic E-state index is 5.41. The number of methoxy groups -OCH3 is 2. The second-order valence-corrected chi connectivity index (χ2v) is 6.00. The first-order valence-corrected chi connectivity index (χ1v) is 8.69. The molecule has 1 aliphatic heterocycles. The lowest BCUT2D eigenvalue weighted by atomic mass is 10.2. The summed E-state index contributed by atoms with van der Waals surface area (Å²) in [7, 11) is 3.20.